The number of nitrogens with zero attached hydrogens (tertiary/aromatic N) is 5. The van der Waals surface area contributed by atoms with Crippen LogP contribution in [-0.4, -0.2) is 54.1 Å². The first kappa shape index (κ1) is 29.2. The number of carbonyl (C=O) groups is 1. The van der Waals surface area contributed by atoms with E-state index in [1.54, 1.807) is 24.3 Å². The summed E-state index contributed by atoms with van der Waals surface area (Å²) < 4.78 is 59.7. The van der Waals surface area contributed by atoms with Crippen molar-refractivity contribution in [3.63, 3.8) is 0 Å². The predicted molar refractivity (Wildman–Crippen MR) is 142 cm³/mol. The van der Waals surface area contributed by atoms with Gasteiger partial charge in [0.1, 0.15) is 18.9 Å². The number of aromatic nitrogens is 4. The van der Waals surface area contributed by atoms with Gasteiger partial charge in [-0.1, -0.05) is 43.9 Å². The maximum Gasteiger partial charge on any atom is 0.423 e. The summed E-state index contributed by atoms with van der Waals surface area (Å²) in [4.78, 5) is 34.3. The van der Waals surface area contributed by atoms with E-state index in [-0.39, 0.29) is 37.1 Å². The Kier molecular flexibility index (Phi) is 8.59. The number of fused-ring (bicyclic) bond motifs is 1. The summed E-state index contributed by atoms with van der Waals surface area (Å²) in [6, 6.07) is 7.22. The van der Waals surface area contributed by atoms with Gasteiger partial charge in [-0.25, -0.2) is 14.5 Å². The summed E-state index contributed by atoms with van der Waals surface area (Å²) in [6.45, 7) is 6.34. The van der Waals surface area contributed by atoms with Gasteiger partial charge in [-0.2, -0.15) is 18.3 Å². The number of halogens is 3. The van der Waals surface area contributed by atoms with Crippen molar-refractivity contribution in [1.82, 2.24) is 19.7 Å². The molecule has 1 aliphatic heterocycles. The number of esters is 1. The molecule has 214 valence electrons. The van der Waals surface area contributed by atoms with E-state index in [0.29, 0.717) is 11.3 Å². The fourth-order valence-corrected chi connectivity index (χ4v) is 5.02. The molecule has 0 spiro atoms. The molecule has 3 heterocycles. The lowest BCUT2D eigenvalue weighted by Gasteiger charge is -2.29. The number of alkyl halides is 3. The number of rotatable bonds is 10. The molecule has 1 unspecified atom stereocenters. The second-order valence-corrected chi connectivity index (χ2v) is 16.1. The summed E-state index contributed by atoms with van der Waals surface area (Å²) in [5.41, 5.74) is -1.56. The summed E-state index contributed by atoms with van der Waals surface area (Å²) >= 11 is 0. The highest BCUT2D eigenvalue weighted by atomic mass is 28.3. The van der Waals surface area contributed by atoms with Gasteiger partial charge in [0.25, 0.3) is 5.56 Å². The average molecular weight is 578 g/mol. The maximum atomic E-state index is 14.4. The number of benzene rings is 1. The third-order valence-electron chi connectivity index (χ3n) is 6.35. The summed E-state index contributed by atoms with van der Waals surface area (Å²) in [7, 11) is -0.222. The van der Waals surface area contributed by atoms with E-state index < -0.39 is 37.4 Å². The van der Waals surface area contributed by atoms with E-state index >= 15 is 0 Å². The van der Waals surface area contributed by atoms with Crippen LogP contribution in [-0.2, 0) is 28.9 Å². The van der Waals surface area contributed by atoms with E-state index in [4.69, 9.17) is 9.47 Å². The lowest BCUT2D eigenvalue weighted by molar-refractivity contribution is -0.138. The van der Waals surface area contributed by atoms with Crippen molar-refractivity contribution in [3.8, 4) is 5.88 Å². The van der Waals surface area contributed by atoms with Gasteiger partial charge in [-0.3, -0.25) is 9.78 Å². The van der Waals surface area contributed by atoms with E-state index in [1.165, 1.54) is 24.4 Å². The molecule has 3 aromatic rings. The van der Waals surface area contributed by atoms with Crippen molar-refractivity contribution in [2.75, 3.05) is 25.2 Å². The molecule has 1 atom stereocenters. The zero-order valence-corrected chi connectivity index (χ0v) is 23.6. The second kappa shape index (κ2) is 11.8. The topological polar surface area (TPSA) is 109 Å². The second-order valence-electron chi connectivity index (χ2n) is 10.4. The van der Waals surface area contributed by atoms with Crippen LogP contribution in [0.4, 0.5) is 18.9 Å². The Morgan fingerprint density at radius 3 is 2.60 bits per heavy atom. The van der Waals surface area contributed by atoms with Crippen LogP contribution in [0.15, 0.2) is 47.7 Å². The standard InChI is InChI=1S/C26H30F3N5O5Si/c1-37-25(36)19-11-30-13-22(32-19)39-15-21-18-8-6-5-7-17(18)14-33(21)20-12-31-34(16-38-9-10-40(2,3)4)24(35)23(20)26(27,28)29/h5-8,11-13,21H,9-10,14-16H2,1-4H3. The number of methoxy groups -OCH3 is 1. The van der Waals surface area contributed by atoms with E-state index in [2.05, 4.69) is 39.4 Å². The van der Waals surface area contributed by atoms with Gasteiger partial charge in [0.05, 0.1) is 37.4 Å². The van der Waals surface area contributed by atoms with E-state index in [1.807, 2.05) is 0 Å². The summed E-state index contributed by atoms with van der Waals surface area (Å²) in [5, 5.41) is 4.02. The van der Waals surface area contributed by atoms with Gasteiger partial charge in [-0.05, 0) is 17.2 Å². The maximum absolute atomic E-state index is 14.4. The quantitative estimate of drug-likeness (QED) is 0.198. The highest BCUT2D eigenvalue weighted by molar-refractivity contribution is 6.76. The van der Waals surface area contributed by atoms with Crippen LogP contribution < -0.4 is 15.2 Å². The Bertz CT molecular complexity index is 1430. The van der Waals surface area contributed by atoms with Gasteiger partial charge in [-0.15, -0.1) is 0 Å². The van der Waals surface area contributed by atoms with Gasteiger partial charge >= 0.3 is 12.1 Å². The molecule has 2 aromatic heterocycles. The van der Waals surface area contributed by atoms with Crippen LogP contribution in [0, 0.1) is 0 Å². The summed E-state index contributed by atoms with van der Waals surface area (Å²) in [5.74, 6) is -0.719. The normalized spacial score (nSPS) is 15.2. The summed E-state index contributed by atoms with van der Waals surface area (Å²) in [6.07, 6.45) is -1.41. The van der Waals surface area contributed by atoms with Gasteiger partial charge in [0, 0.05) is 21.2 Å². The zero-order chi connectivity index (χ0) is 29.1. The SMILES string of the molecule is COC(=O)c1cncc(OCC2c3ccccc3CN2c2cnn(COCC[Si](C)(C)C)c(=O)c2C(F)(F)F)n1. The molecule has 1 aromatic carbocycles. The fourth-order valence-electron chi connectivity index (χ4n) is 4.27. The number of ether oxygens (including phenoxy) is 3. The van der Waals surface area contributed by atoms with E-state index in [9.17, 15) is 22.8 Å². The van der Waals surface area contributed by atoms with Crippen molar-refractivity contribution in [2.45, 2.75) is 51.2 Å². The van der Waals surface area contributed by atoms with Crippen LogP contribution in [0.25, 0.3) is 0 Å². The molecule has 14 heteroatoms. The highest BCUT2D eigenvalue weighted by Crippen LogP contribution is 2.42. The van der Waals surface area contributed by atoms with Gasteiger partial charge < -0.3 is 19.1 Å². The van der Waals surface area contributed by atoms with Crippen LogP contribution in [0.3, 0.4) is 0 Å². The van der Waals surface area contributed by atoms with E-state index in [0.717, 1.165) is 23.4 Å². The molecule has 0 aliphatic carbocycles. The smallest absolute Gasteiger partial charge is 0.423 e. The molecule has 0 amide bonds. The molecule has 0 saturated carbocycles. The molecule has 0 bridgehead atoms. The van der Waals surface area contributed by atoms with Crippen molar-refractivity contribution >= 4 is 19.7 Å². The Morgan fingerprint density at radius 2 is 1.90 bits per heavy atom. The minimum atomic E-state index is -4.95. The lowest BCUT2D eigenvalue weighted by atomic mass is 10.1. The first-order chi connectivity index (χ1) is 18.9. The zero-order valence-electron chi connectivity index (χ0n) is 22.6. The minimum absolute atomic E-state index is 0.00714. The Hall–Kier alpha value is -3.78. The highest BCUT2D eigenvalue weighted by Gasteiger charge is 2.42. The van der Waals surface area contributed by atoms with Gasteiger partial charge in [0.15, 0.2) is 5.69 Å². The minimum Gasteiger partial charge on any atom is -0.474 e. The van der Waals surface area contributed by atoms with Crippen LogP contribution in [0.1, 0.15) is 33.2 Å². The average Bonchev–Trinajstić information content (AvgIpc) is 3.27. The fraction of sp³-hybridized carbons (Fsp3) is 0.423. The largest absolute Gasteiger partial charge is 0.474 e. The third-order valence-corrected chi connectivity index (χ3v) is 8.06. The molecule has 10 nitrogen and oxygen atoms in total. The van der Waals surface area contributed by atoms with Crippen LogP contribution in [0.2, 0.25) is 25.7 Å². The van der Waals surface area contributed by atoms with Crippen molar-refractivity contribution in [1.29, 1.82) is 0 Å². The van der Waals surface area contributed by atoms with Gasteiger partial charge in [0.2, 0.25) is 5.88 Å². The number of carbonyl (C=O) groups excluding carboxylic acids is 1. The lowest BCUT2D eigenvalue weighted by Crippen LogP contribution is -2.36. The van der Waals surface area contributed by atoms with Crippen molar-refractivity contribution in [3.05, 3.63) is 75.6 Å². The molecule has 40 heavy (non-hydrogen) atoms. The molecule has 0 radical (unpaired) electrons. The number of anilines is 1. The molecule has 1 aliphatic rings. The molecule has 0 fully saturated rings. The first-order valence-corrected chi connectivity index (χ1v) is 16.2. The molecular weight excluding hydrogens is 547 g/mol. The third kappa shape index (κ3) is 6.67. The number of hydrogen-bond donors (Lipinski definition) is 0. The van der Waals surface area contributed by atoms with Crippen molar-refractivity contribution in [2.24, 2.45) is 0 Å². The monoisotopic (exact) mass is 577 g/mol. The van der Waals surface area contributed by atoms with Crippen LogP contribution >= 0.6 is 0 Å². The molecular formula is C26H30F3N5O5Si. The first-order valence-electron chi connectivity index (χ1n) is 12.5. The van der Waals surface area contributed by atoms with Crippen LogP contribution in [0.5, 0.6) is 5.88 Å². The van der Waals surface area contributed by atoms with Crippen molar-refractivity contribution < 1.29 is 32.2 Å². The predicted octanol–water partition coefficient (Wildman–Crippen LogP) is 4.29. The number of hydrogen-bond acceptors (Lipinski definition) is 9. The molecule has 4 rings (SSSR count). The Morgan fingerprint density at radius 1 is 1.15 bits per heavy atom. The Labute approximate surface area is 229 Å². The molecule has 0 saturated heterocycles. The molecule has 0 N–H and O–H groups in total. The Balaban J connectivity index is 1.64.